The van der Waals surface area contributed by atoms with E-state index in [1.54, 1.807) is 6.08 Å². The van der Waals surface area contributed by atoms with Crippen LogP contribution in [0, 0.1) is 0 Å². The highest BCUT2D eigenvalue weighted by Gasteiger charge is 2.22. The SMILES string of the molecule is C=CCNC(=S)Nc1nc(N2CCCCCC2)cc(N2Cc3ccccc3C2)n1. The molecule has 1 saturated heterocycles. The van der Waals surface area contributed by atoms with Crippen molar-refractivity contribution in [3.8, 4) is 0 Å². The van der Waals surface area contributed by atoms with Crippen molar-refractivity contribution in [1.29, 1.82) is 0 Å². The highest BCUT2D eigenvalue weighted by atomic mass is 32.1. The topological polar surface area (TPSA) is 56.3 Å². The molecule has 6 nitrogen and oxygen atoms in total. The van der Waals surface area contributed by atoms with Gasteiger partial charge in [-0.25, -0.2) is 0 Å². The van der Waals surface area contributed by atoms with Gasteiger partial charge in [0.1, 0.15) is 11.6 Å². The normalized spacial score (nSPS) is 16.1. The summed E-state index contributed by atoms with van der Waals surface area (Å²) in [5.74, 6) is 2.45. The number of thiocarbonyl (C=S) groups is 1. The number of nitrogens with one attached hydrogen (secondary N) is 2. The van der Waals surface area contributed by atoms with Gasteiger partial charge in [-0.1, -0.05) is 43.2 Å². The zero-order valence-corrected chi connectivity index (χ0v) is 17.5. The fraction of sp³-hybridized carbons (Fsp3) is 0.409. The third-order valence-electron chi connectivity index (χ3n) is 5.43. The number of fused-ring (bicyclic) bond motifs is 1. The molecule has 2 aromatic rings. The van der Waals surface area contributed by atoms with Crippen molar-refractivity contribution in [3.63, 3.8) is 0 Å². The highest BCUT2D eigenvalue weighted by molar-refractivity contribution is 7.80. The van der Waals surface area contributed by atoms with Gasteiger partial charge in [-0.05, 0) is 36.2 Å². The van der Waals surface area contributed by atoms with Crippen LogP contribution in [0.1, 0.15) is 36.8 Å². The van der Waals surface area contributed by atoms with Gasteiger partial charge in [0.05, 0.1) is 0 Å². The van der Waals surface area contributed by atoms with Gasteiger partial charge in [0.15, 0.2) is 5.11 Å². The van der Waals surface area contributed by atoms with E-state index in [1.165, 1.54) is 36.8 Å². The Bertz CT molecular complexity index is 850. The Balaban J connectivity index is 1.61. The zero-order chi connectivity index (χ0) is 20.1. The molecule has 0 aliphatic carbocycles. The molecular weight excluding hydrogens is 380 g/mol. The lowest BCUT2D eigenvalue weighted by molar-refractivity contribution is 0.726. The van der Waals surface area contributed by atoms with Gasteiger partial charge >= 0.3 is 0 Å². The van der Waals surface area contributed by atoms with Crippen molar-refractivity contribution >= 4 is 34.9 Å². The van der Waals surface area contributed by atoms with E-state index < -0.39 is 0 Å². The third kappa shape index (κ3) is 4.85. The minimum absolute atomic E-state index is 0.508. The second kappa shape index (κ2) is 9.22. The molecule has 0 bridgehead atoms. The fourth-order valence-electron chi connectivity index (χ4n) is 3.91. The summed E-state index contributed by atoms with van der Waals surface area (Å²) in [6.45, 7) is 8.13. The summed E-state index contributed by atoms with van der Waals surface area (Å²) in [6, 6.07) is 10.7. The Morgan fingerprint density at radius 2 is 1.62 bits per heavy atom. The summed E-state index contributed by atoms with van der Waals surface area (Å²) in [7, 11) is 0. The molecule has 0 unspecified atom stereocenters. The Kier molecular flexibility index (Phi) is 6.24. The number of anilines is 3. The second-order valence-corrected chi connectivity index (χ2v) is 7.97. The molecule has 3 heterocycles. The van der Waals surface area contributed by atoms with E-state index in [-0.39, 0.29) is 0 Å². The van der Waals surface area contributed by atoms with Crippen molar-refractivity contribution in [2.24, 2.45) is 0 Å². The van der Waals surface area contributed by atoms with Crippen LogP contribution < -0.4 is 20.4 Å². The molecule has 0 spiro atoms. The first kappa shape index (κ1) is 19.6. The Hall–Kier alpha value is -2.67. The first-order chi connectivity index (χ1) is 14.2. The van der Waals surface area contributed by atoms with Crippen molar-refractivity contribution in [2.45, 2.75) is 38.8 Å². The van der Waals surface area contributed by atoms with Crippen molar-refractivity contribution < 1.29 is 0 Å². The Morgan fingerprint density at radius 3 is 2.24 bits per heavy atom. The summed E-state index contributed by atoms with van der Waals surface area (Å²) in [4.78, 5) is 14.3. The smallest absolute Gasteiger partial charge is 0.232 e. The van der Waals surface area contributed by atoms with Gasteiger partial charge in [0, 0.05) is 38.8 Å². The summed E-state index contributed by atoms with van der Waals surface area (Å²) in [6.07, 6.45) is 6.76. The average Bonchev–Trinajstić information content (AvgIpc) is 2.98. The van der Waals surface area contributed by atoms with Gasteiger partial charge in [-0.15, -0.1) is 6.58 Å². The van der Waals surface area contributed by atoms with E-state index in [9.17, 15) is 0 Å². The molecule has 29 heavy (non-hydrogen) atoms. The molecule has 2 aliphatic rings. The molecule has 0 radical (unpaired) electrons. The molecule has 1 aromatic heterocycles. The number of hydrogen-bond donors (Lipinski definition) is 2. The summed E-state index contributed by atoms with van der Waals surface area (Å²) in [5.41, 5.74) is 2.72. The predicted molar refractivity (Wildman–Crippen MR) is 123 cm³/mol. The molecule has 2 N–H and O–H groups in total. The van der Waals surface area contributed by atoms with Crippen LogP contribution in [0.2, 0.25) is 0 Å². The van der Waals surface area contributed by atoms with Crippen LogP contribution in [0.3, 0.4) is 0 Å². The lowest BCUT2D eigenvalue weighted by atomic mass is 10.1. The van der Waals surface area contributed by atoms with Crippen LogP contribution >= 0.6 is 12.2 Å². The first-order valence-corrected chi connectivity index (χ1v) is 10.8. The van der Waals surface area contributed by atoms with Crippen molar-refractivity contribution in [2.75, 3.05) is 34.8 Å². The second-order valence-electron chi connectivity index (χ2n) is 7.56. The van der Waals surface area contributed by atoms with E-state index in [0.29, 0.717) is 17.6 Å². The molecule has 152 valence electrons. The van der Waals surface area contributed by atoms with E-state index in [4.69, 9.17) is 22.2 Å². The Labute approximate surface area is 178 Å². The molecule has 2 aliphatic heterocycles. The number of nitrogens with zero attached hydrogens (tertiary/aromatic N) is 4. The van der Waals surface area contributed by atoms with E-state index in [1.807, 2.05) is 0 Å². The molecule has 0 amide bonds. The summed E-state index contributed by atoms with van der Waals surface area (Å²) < 4.78 is 0. The largest absolute Gasteiger partial charge is 0.359 e. The maximum Gasteiger partial charge on any atom is 0.232 e. The summed E-state index contributed by atoms with van der Waals surface area (Å²) in [5, 5.41) is 6.75. The van der Waals surface area contributed by atoms with E-state index in [2.05, 4.69) is 57.3 Å². The van der Waals surface area contributed by atoms with E-state index >= 15 is 0 Å². The molecular formula is C22H28N6S. The van der Waals surface area contributed by atoms with Gasteiger partial charge < -0.3 is 20.4 Å². The zero-order valence-electron chi connectivity index (χ0n) is 16.7. The van der Waals surface area contributed by atoms with Crippen LogP contribution in [0.5, 0.6) is 0 Å². The maximum atomic E-state index is 5.38. The van der Waals surface area contributed by atoms with Crippen molar-refractivity contribution in [3.05, 3.63) is 54.1 Å². The number of benzene rings is 1. The number of rotatable bonds is 5. The minimum Gasteiger partial charge on any atom is -0.359 e. The minimum atomic E-state index is 0.508. The fourth-order valence-corrected chi connectivity index (χ4v) is 4.08. The predicted octanol–water partition coefficient (Wildman–Crippen LogP) is 3.85. The van der Waals surface area contributed by atoms with Gasteiger partial charge in [-0.2, -0.15) is 9.97 Å². The van der Waals surface area contributed by atoms with Crippen molar-refractivity contribution in [1.82, 2.24) is 15.3 Å². The van der Waals surface area contributed by atoms with Crippen LogP contribution in [-0.2, 0) is 13.1 Å². The van der Waals surface area contributed by atoms with Crippen LogP contribution in [-0.4, -0.2) is 34.7 Å². The van der Waals surface area contributed by atoms with E-state index in [0.717, 1.165) is 37.8 Å². The van der Waals surface area contributed by atoms with Gasteiger partial charge in [0.2, 0.25) is 5.95 Å². The molecule has 0 atom stereocenters. The van der Waals surface area contributed by atoms with Gasteiger partial charge in [0.25, 0.3) is 0 Å². The third-order valence-corrected chi connectivity index (χ3v) is 5.67. The van der Waals surface area contributed by atoms with Crippen LogP contribution in [0.25, 0.3) is 0 Å². The molecule has 4 rings (SSSR count). The van der Waals surface area contributed by atoms with Crippen LogP contribution in [0.15, 0.2) is 43.0 Å². The molecule has 7 heteroatoms. The summed E-state index contributed by atoms with van der Waals surface area (Å²) >= 11 is 5.38. The number of hydrogen-bond acceptors (Lipinski definition) is 5. The first-order valence-electron chi connectivity index (χ1n) is 10.3. The molecule has 1 fully saturated rings. The lowest BCUT2D eigenvalue weighted by Crippen LogP contribution is -2.31. The highest BCUT2D eigenvalue weighted by Crippen LogP contribution is 2.30. The maximum absolute atomic E-state index is 5.38. The lowest BCUT2D eigenvalue weighted by Gasteiger charge is -2.25. The van der Waals surface area contributed by atoms with Crippen LogP contribution in [0.4, 0.5) is 17.6 Å². The average molecular weight is 409 g/mol. The van der Waals surface area contributed by atoms with Gasteiger partial charge in [-0.3, -0.25) is 0 Å². The quantitative estimate of drug-likeness (QED) is 0.576. The standard InChI is InChI=1S/C22H28N6S/c1-2-11-23-22(29)26-21-24-19(27-12-7-3-4-8-13-27)14-20(25-21)28-15-17-9-5-6-10-18(17)16-28/h2,5-6,9-10,14H,1,3-4,7-8,11-13,15-16H2,(H2,23,24,25,26,29). The number of aromatic nitrogens is 2. The monoisotopic (exact) mass is 408 g/mol. The molecule has 0 saturated carbocycles. The Morgan fingerprint density at radius 1 is 1.00 bits per heavy atom. The molecule has 1 aromatic carbocycles.